The topological polar surface area (TPSA) is 65.1 Å². The summed E-state index contributed by atoms with van der Waals surface area (Å²) in [4.78, 5) is 25.0. The second-order valence-corrected chi connectivity index (χ2v) is 6.74. The normalized spacial score (nSPS) is 11.8. The highest BCUT2D eigenvalue weighted by molar-refractivity contribution is 5.80. The van der Waals surface area contributed by atoms with Crippen LogP contribution in [0.15, 0.2) is 0 Å². The highest BCUT2D eigenvalue weighted by Gasteiger charge is 2.24. The number of ether oxygens (including phenoxy) is 3. The summed E-state index contributed by atoms with van der Waals surface area (Å²) in [5.74, 6) is -0.396. The van der Waals surface area contributed by atoms with Gasteiger partial charge < -0.3 is 14.2 Å². The third kappa shape index (κ3) is 13.0. The van der Waals surface area contributed by atoms with Crippen molar-refractivity contribution in [2.75, 3.05) is 34.0 Å². The fraction of sp³-hybridized carbons (Fsp3) is 0.900. The van der Waals surface area contributed by atoms with Gasteiger partial charge in [0.2, 0.25) is 0 Å². The summed E-state index contributed by atoms with van der Waals surface area (Å²) in [5.41, 5.74) is 0. The van der Waals surface area contributed by atoms with Crippen molar-refractivity contribution in [3.05, 3.63) is 0 Å². The molecule has 0 spiro atoms. The number of likely N-dealkylation sites (N-methyl/N-ethyl adjacent to an activating group) is 1. The van der Waals surface area contributed by atoms with Gasteiger partial charge in [0.25, 0.3) is 0 Å². The minimum absolute atomic E-state index is 0.167. The molecule has 0 heterocycles. The van der Waals surface area contributed by atoms with Crippen LogP contribution in [0.4, 0.5) is 4.79 Å². The van der Waals surface area contributed by atoms with Crippen LogP contribution in [0.5, 0.6) is 0 Å². The van der Waals surface area contributed by atoms with Gasteiger partial charge in [0.05, 0.1) is 13.2 Å². The predicted octanol–water partition coefficient (Wildman–Crippen LogP) is 4.55. The van der Waals surface area contributed by atoms with Gasteiger partial charge in [-0.25, -0.2) is 9.59 Å². The van der Waals surface area contributed by atoms with E-state index in [2.05, 4.69) is 6.92 Å². The van der Waals surface area contributed by atoms with Gasteiger partial charge in [-0.15, -0.1) is 0 Å². The van der Waals surface area contributed by atoms with E-state index in [1.807, 2.05) is 0 Å². The monoisotopic (exact) mass is 373 g/mol. The number of rotatable bonds is 16. The highest BCUT2D eigenvalue weighted by atomic mass is 16.6. The summed E-state index contributed by atoms with van der Waals surface area (Å²) >= 11 is 0. The molecule has 154 valence electrons. The Kier molecular flexibility index (Phi) is 16.3. The molecule has 0 saturated heterocycles. The molecule has 0 aromatic heterocycles. The van der Waals surface area contributed by atoms with E-state index < -0.39 is 18.1 Å². The predicted molar refractivity (Wildman–Crippen MR) is 103 cm³/mol. The average Bonchev–Trinajstić information content (AvgIpc) is 2.64. The van der Waals surface area contributed by atoms with E-state index in [-0.39, 0.29) is 6.61 Å². The maximum absolute atomic E-state index is 12.0. The van der Waals surface area contributed by atoms with Gasteiger partial charge in [0.15, 0.2) is 0 Å². The van der Waals surface area contributed by atoms with Gasteiger partial charge >= 0.3 is 12.1 Å². The molecule has 0 rings (SSSR count). The van der Waals surface area contributed by atoms with Gasteiger partial charge in [0, 0.05) is 14.2 Å². The molecule has 0 aromatic carbocycles. The molecule has 0 radical (unpaired) electrons. The second-order valence-electron chi connectivity index (χ2n) is 6.74. The summed E-state index contributed by atoms with van der Waals surface area (Å²) < 4.78 is 15.1. The molecule has 0 N–H and O–H groups in total. The zero-order chi connectivity index (χ0) is 19.6. The van der Waals surface area contributed by atoms with Crippen molar-refractivity contribution in [3.63, 3.8) is 0 Å². The number of carbonyl (C=O) groups excluding carboxylic acids is 2. The van der Waals surface area contributed by atoms with E-state index in [0.717, 1.165) is 12.8 Å². The molecule has 1 atom stereocenters. The summed E-state index contributed by atoms with van der Waals surface area (Å²) in [6, 6.07) is -0.659. The Morgan fingerprint density at radius 2 is 1.35 bits per heavy atom. The molecule has 6 nitrogen and oxygen atoms in total. The van der Waals surface area contributed by atoms with Gasteiger partial charge in [-0.3, -0.25) is 4.90 Å². The third-order valence-electron chi connectivity index (χ3n) is 4.47. The molecular formula is C20H39NO5. The molecule has 0 aliphatic heterocycles. The standard InChI is InChI=1S/C20H39NO5/c1-5-6-7-8-9-10-11-12-13-14-15-25-19(22)18(2)21(3)20(23)26-17-16-24-4/h18H,5-17H2,1-4H3. The number of amides is 1. The molecule has 0 aliphatic carbocycles. The summed E-state index contributed by atoms with van der Waals surface area (Å²) in [6.45, 7) is 4.78. The van der Waals surface area contributed by atoms with Gasteiger partial charge in [0.1, 0.15) is 12.6 Å². The van der Waals surface area contributed by atoms with Crippen LogP contribution in [-0.2, 0) is 19.0 Å². The maximum Gasteiger partial charge on any atom is 0.410 e. The molecule has 0 aliphatic rings. The summed E-state index contributed by atoms with van der Waals surface area (Å²) in [7, 11) is 3.06. The lowest BCUT2D eigenvalue weighted by Crippen LogP contribution is -2.42. The molecule has 26 heavy (non-hydrogen) atoms. The van der Waals surface area contributed by atoms with Crippen molar-refractivity contribution < 1.29 is 23.8 Å². The second kappa shape index (κ2) is 17.1. The zero-order valence-electron chi connectivity index (χ0n) is 17.3. The van der Waals surface area contributed by atoms with Crippen LogP contribution in [0.25, 0.3) is 0 Å². The van der Waals surface area contributed by atoms with Crippen molar-refractivity contribution in [2.45, 2.75) is 84.1 Å². The Hall–Kier alpha value is -1.30. The molecule has 0 aromatic rings. The Labute approximate surface area is 159 Å². The van der Waals surface area contributed by atoms with Crippen molar-refractivity contribution >= 4 is 12.1 Å². The number of carbonyl (C=O) groups is 2. The largest absolute Gasteiger partial charge is 0.464 e. The first-order valence-electron chi connectivity index (χ1n) is 10.1. The first-order valence-corrected chi connectivity index (χ1v) is 10.1. The van der Waals surface area contributed by atoms with Crippen molar-refractivity contribution in [2.24, 2.45) is 0 Å². The highest BCUT2D eigenvalue weighted by Crippen LogP contribution is 2.10. The lowest BCUT2D eigenvalue weighted by atomic mass is 10.1. The van der Waals surface area contributed by atoms with E-state index >= 15 is 0 Å². The Morgan fingerprint density at radius 3 is 1.88 bits per heavy atom. The number of esters is 1. The Bertz CT molecular complexity index is 362. The van der Waals surface area contributed by atoms with Gasteiger partial charge in [-0.2, -0.15) is 0 Å². The van der Waals surface area contributed by atoms with E-state index in [0.29, 0.717) is 13.2 Å². The smallest absolute Gasteiger partial charge is 0.410 e. The van der Waals surface area contributed by atoms with Crippen LogP contribution < -0.4 is 0 Å². The zero-order valence-corrected chi connectivity index (χ0v) is 17.3. The summed E-state index contributed by atoms with van der Waals surface area (Å²) in [6.07, 6.45) is 11.8. The molecular weight excluding hydrogens is 334 g/mol. The minimum Gasteiger partial charge on any atom is -0.464 e. The van der Waals surface area contributed by atoms with E-state index in [4.69, 9.17) is 14.2 Å². The van der Waals surface area contributed by atoms with Crippen LogP contribution in [0.2, 0.25) is 0 Å². The minimum atomic E-state index is -0.659. The molecule has 0 fully saturated rings. The van der Waals surface area contributed by atoms with E-state index in [9.17, 15) is 9.59 Å². The van der Waals surface area contributed by atoms with E-state index in [1.54, 1.807) is 6.92 Å². The first kappa shape index (κ1) is 24.7. The fourth-order valence-electron chi connectivity index (χ4n) is 2.51. The Balaban J connectivity index is 3.64. The number of unbranched alkanes of at least 4 members (excludes halogenated alkanes) is 9. The molecule has 0 saturated carbocycles. The van der Waals surface area contributed by atoms with Crippen molar-refractivity contribution in [3.8, 4) is 0 Å². The average molecular weight is 374 g/mol. The van der Waals surface area contributed by atoms with Crippen LogP contribution in [-0.4, -0.2) is 57.0 Å². The van der Waals surface area contributed by atoms with E-state index in [1.165, 1.54) is 70.4 Å². The first-order chi connectivity index (χ1) is 12.5. The van der Waals surface area contributed by atoms with Crippen LogP contribution in [0.3, 0.4) is 0 Å². The van der Waals surface area contributed by atoms with Crippen molar-refractivity contribution in [1.82, 2.24) is 4.90 Å². The number of nitrogens with zero attached hydrogens (tertiary/aromatic N) is 1. The van der Waals surface area contributed by atoms with Crippen LogP contribution >= 0.6 is 0 Å². The Morgan fingerprint density at radius 1 is 0.808 bits per heavy atom. The number of hydrogen-bond donors (Lipinski definition) is 0. The maximum atomic E-state index is 12.0. The third-order valence-corrected chi connectivity index (χ3v) is 4.47. The molecule has 6 heteroatoms. The SMILES string of the molecule is CCCCCCCCCCCCOC(=O)C(C)N(C)C(=O)OCCOC. The summed E-state index contributed by atoms with van der Waals surface area (Å²) in [5, 5.41) is 0. The van der Waals surface area contributed by atoms with Crippen LogP contribution in [0.1, 0.15) is 78.1 Å². The quantitative estimate of drug-likeness (QED) is 0.293. The number of hydrogen-bond acceptors (Lipinski definition) is 5. The lowest BCUT2D eigenvalue weighted by Gasteiger charge is -2.22. The molecule has 0 bridgehead atoms. The molecule has 1 amide bonds. The van der Waals surface area contributed by atoms with Gasteiger partial charge in [-0.05, 0) is 13.3 Å². The van der Waals surface area contributed by atoms with Crippen LogP contribution in [0, 0.1) is 0 Å². The molecule has 1 unspecified atom stereocenters. The van der Waals surface area contributed by atoms with Gasteiger partial charge in [-0.1, -0.05) is 64.7 Å². The fourth-order valence-corrected chi connectivity index (χ4v) is 2.51. The lowest BCUT2D eigenvalue weighted by molar-refractivity contribution is -0.148. The number of methoxy groups -OCH3 is 1. The van der Waals surface area contributed by atoms with Crippen molar-refractivity contribution in [1.29, 1.82) is 0 Å².